The lowest BCUT2D eigenvalue weighted by Gasteiger charge is -2.18. The van der Waals surface area contributed by atoms with Crippen molar-refractivity contribution in [1.82, 2.24) is 0 Å². The van der Waals surface area contributed by atoms with Gasteiger partial charge in [-0.1, -0.05) is 220 Å². The summed E-state index contributed by atoms with van der Waals surface area (Å²) in [5.41, 5.74) is 0. The number of unbranched alkanes of at least 4 members (excludes halogenated alkanes) is 28. The molecule has 0 N–H and O–H groups in total. The van der Waals surface area contributed by atoms with Gasteiger partial charge in [0.2, 0.25) is 0 Å². The van der Waals surface area contributed by atoms with Gasteiger partial charge in [0.15, 0.2) is 6.10 Å². The van der Waals surface area contributed by atoms with E-state index in [4.69, 9.17) is 14.2 Å². The Balaban J connectivity index is 4.15. The predicted octanol–water partition coefficient (Wildman–Crippen LogP) is 14.7. The zero-order valence-electron chi connectivity index (χ0n) is 36.0. The van der Waals surface area contributed by atoms with Crippen molar-refractivity contribution in [1.29, 1.82) is 0 Å². The van der Waals surface area contributed by atoms with Crippen molar-refractivity contribution >= 4 is 17.9 Å². The van der Waals surface area contributed by atoms with Gasteiger partial charge in [0.1, 0.15) is 13.2 Å². The van der Waals surface area contributed by atoms with E-state index >= 15 is 0 Å². The minimum absolute atomic E-state index is 0.0654. The van der Waals surface area contributed by atoms with Gasteiger partial charge in [0.25, 0.3) is 0 Å². The maximum Gasteiger partial charge on any atom is 0.306 e. The summed E-state index contributed by atoms with van der Waals surface area (Å²) in [7, 11) is 0. The van der Waals surface area contributed by atoms with Crippen LogP contribution in [0.5, 0.6) is 0 Å². The molecule has 0 aliphatic heterocycles. The molecule has 0 fully saturated rings. The van der Waals surface area contributed by atoms with Crippen LogP contribution in [0.15, 0.2) is 0 Å². The fraction of sp³-hybridized carbons (Fsp3) is 0.936. The van der Waals surface area contributed by atoms with Crippen LogP contribution in [0, 0.1) is 5.92 Å². The molecule has 53 heavy (non-hydrogen) atoms. The minimum atomic E-state index is -0.758. The molecule has 0 spiro atoms. The molecule has 0 saturated heterocycles. The second kappa shape index (κ2) is 41.6. The maximum atomic E-state index is 12.7. The SMILES string of the molecule is CCCCCCCCCCCCCCCCCCCCC(=O)O[C@H](COC(=O)CCCCCCC)COC(=O)CCCCCCCCCCC(C)CC. The average molecular weight is 751 g/mol. The van der Waals surface area contributed by atoms with Gasteiger partial charge in [-0.2, -0.15) is 0 Å². The topological polar surface area (TPSA) is 78.9 Å². The lowest BCUT2D eigenvalue weighted by molar-refractivity contribution is -0.167. The summed E-state index contributed by atoms with van der Waals surface area (Å²) in [5.74, 6) is -0.0201. The van der Waals surface area contributed by atoms with E-state index in [0.29, 0.717) is 19.3 Å². The summed E-state index contributed by atoms with van der Waals surface area (Å²) >= 11 is 0. The van der Waals surface area contributed by atoms with E-state index < -0.39 is 6.10 Å². The fourth-order valence-electron chi connectivity index (χ4n) is 6.95. The molecule has 0 heterocycles. The van der Waals surface area contributed by atoms with Crippen molar-refractivity contribution in [3.05, 3.63) is 0 Å². The predicted molar refractivity (Wildman–Crippen MR) is 224 cm³/mol. The highest BCUT2D eigenvalue weighted by molar-refractivity contribution is 5.71. The number of carbonyl (C=O) groups is 3. The highest BCUT2D eigenvalue weighted by atomic mass is 16.6. The van der Waals surface area contributed by atoms with Crippen LogP contribution in [0.25, 0.3) is 0 Å². The molecule has 0 bridgehead atoms. The molecule has 0 radical (unpaired) electrons. The Kier molecular flexibility index (Phi) is 40.3. The summed E-state index contributed by atoms with van der Waals surface area (Å²) in [6.45, 7) is 8.93. The molecule has 6 nitrogen and oxygen atoms in total. The first kappa shape index (κ1) is 51.4. The van der Waals surface area contributed by atoms with Gasteiger partial charge >= 0.3 is 17.9 Å². The Morgan fingerprint density at radius 3 is 0.981 bits per heavy atom. The summed E-state index contributed by atoms with van der Waals surface area (Å²) in [6, 6.07) is 0. The quantitative estimate of drug-likeness (QED) is 0.0351. The van der Waals surface area contributed by atoms with Crippen molar-refractivity contribution in [2.75, 3.05) is 13.2 Å². The van der Waals surface area contributed by atoms with Crippen LogP contribution in [0.2, 0.25) is 0 Å². The summed E-state index contributed by atoms with van der Waals surface area (Å²) < 4.78 is 16.6. The molecule has 0 rings (SSSR count). The van der Waals surface area contributed by atoms with Crippen LogP contribution in [0.4, 0.5) is 0 Å². The number of carbonyl (C=O) groups excluding carboxylic acids is 3. The standard InChI is InChI=1S/C47H90O6/c1-5-8-10-12-13-14-15-16-17-18-19-20-21-22-23-28-32-36-40-47(50)53-44(41-51-45(48)38-34-29-11-9-6-2)42-52-46(49)39-35-31-27-25-24-26-30-33-37-43(4)7-3/h43-44H,5-42H2,1-4H3/t43?,44-/m1/s1. The molecule has 0 aromatic rings. The molecular formula is C47H90O6. The van der Waals surface area contributed by atoms with Crippen LogP contribution in [0.3, 0.4) is 0 Å². The molecule has 314 valence electrons. The van der Waals surface area contributed by atoms with E-state index in [1.807, 2.05) is 0 Å². The largest absolute Gasteiger partial charge is 0.462 e. The van der Waals surface area contributed by atoms with Crippen molar-refractivity contribution in [3.8, 4) is 0 Å². The Hall–Kier alpha value is -1.59. The molecule has 0 aromatic carbocycles. The molecule has 2 atom stereocenters. The summed E-state index contributed by atoms with van der Waals surface area (Å²) in [4.78, 5) is 37.5. The number of ether oxygens (including phenoxy) is 3. The monoisotopic (exact) mass is 751 g/mol. The number of rotatable bonds is 42. The van der Waals surface area contributed by atoms with Gasteiger partial charge in [0.05, 0.1) is 0 Å². The highest BCUT2D eigenvalue weighted by Crippen LogP contribution is 2.17. The van der Waals surface area contributed by atoms with Crippen LogP contribution in [0.1, 0.15) is 259 Å². The van der Waals surface area contributed by atoms with Gasteiger partial charge in [-0.25, -0.2) is 0 Å². The Bertz CT molecular complexity index is 798. The first-order chi connectivity index (χ1) is 25.9. The van der Waals surface area contributed by atoms with E-state index in [0.717, 1.165) is 70.1 Å². The molecule has 0 amide bonds. The normalized spacial score (nSPS) is 12.5. The molecule has 1 unspecified atom stereocenters. The van der Waals surface area contributed by atoms with E-state index in [1.54, 1.807) is 0 Å². The minimum Gasteiger partial charge on any atom is -0.462 e. The number of esters is 3. The average Bonchev–Trinajstić information content (AvgIpc) is 3.15. The zero-order valence-corrected chi connectivity index (χ0v) is 36.0. The maximum absolute atomic E-state index is 12.7. The first-order valence-corrected chi connectivity index (χ1v) is 23.4. The van der Waals surface area contributed by atoms with E-state index in [1.165, 1.54) is 148 Å². The Morgan fingerprint density at radius 2 is 0.660 bits per heavy atom. The Labute approximate surface area is 329 Å². The molecule has 0 aromatic heterocycles. The van der Waals surface area contributed by atoms with Crippen molar-refractivity contribution in [2.24, 2.45) is 5.92 Å². The number of hydrogen-bond acceptors (Lipinski definition) is 6. The molecule has 0 saturated carbocycles. The smallest absolute Gasteiger partial charge is 0.306 e. The van der Waals surface area contributed by atoms with E-state index in [9.17, 15) is 14.4 Å². The van der Waals surface area contributed by atoms with Gasteiger partial charge in [-0.3, -0.25) is 14.4 Å². The Morgan fingerprint density at radius 1 is 0.377 bits per heavy atom. The molecule has 0 aliphatic rings. The van der Waals surface area contributed by atoms with Crippen LogP contribution >= 0.6 is 0 Å². The second-order valence-corrected chi connectivity index (χ2v) is 16.3. The van der Waals surface area contributed by atoms with Gasteiger partial charge in [0, 0.05) is 19.3 Å². The van der Waals surface area contributed by atoms with E-state index in [-0.39, 0.29) is 31.1 Å². The van der Waals surface area contributed by atoms with Crippen molar-refractivity contribution in [3.63, 3.8) is 0 Å². The number of hydrogen-bond donors (Lipinski definition) is 0. The molecule has 0 aliphatic carbocycles. The van der Waals surface area contributed by atoms with Crippen molar-refractivity contribution in [2.45, 2.75) is 265 Å². The zero-order chi connectivity index (χ0) is 38.9. The third kappa shape index (κ3) is 39.9. The highest BCUT2D eigenvalue weighted by Gasteiger charge is 2.19. The molecular weight excluding hydrogens is 661 g/mol. The van der Waals surface area contributed by atoms with Crippen LogP contribution in [-0.4, -0.2) is 37.2 Å². The third-order valence-electron chi connectivity index (χ3n) is 10.9. The third-order valence-corrected chi connectivity index (χ3v) is 10.9. The summed E-state index contributed by atoms with van der Waals surface area (Å²) in [5, 5.41) is 0. The fourth-order valence-corrected chi connectivity index (χ4v) is 6.95. The van der Waals surface area contributed by atoms with Crippen LogP contribution in [-0.2, 0) is 28.6 Å². The van der Waals surface area contributed by atoms with Gasteiger partial charge in [-0.15, -0.1) is 0 Å². The van der Waals surface area contributed by atoms with E-state index in [2.05, 4.69) is 27.7 Å². The second-order valence-electron chi connectivity index (χ2n) is 16.3. The summed E-state index contributed by atoms with van der Waals surface area (Å²) in [6.07, 6.45) is 41.2. The molecule has 6 heteroatoms. The lowest BCUT2D eigenvalue weighted by atomic mass is 9.99. The van der Waals surface area contributed by atoms with Crippen LogP contribution < -0.4 is 0 Å². The van der Waals surface area contributed by atoms with Crippen molar-refractivity contribution < 1.29 is 28.6 Å². The van der Waals surface area contributed by atoms with Gasteiger partial charge < -0.3 is 14.2 Å². The first-order valence-electron chi connectivity index (χ1n) is 23.4. The lowest BCUT2D eigenvalue weighted by Crippen LogP contribution is -2.30. The van der Waals surface area contributed by atoms with Gasteiger partial charge in [-0.05, 0) is 25.2 Å².